The molecule has 120 valence electrons. The van der Waals surface area contributed by atoms with E-state index in [-0.39, 0.29) is 0 Å². The maximum atomic E-state index is 2.19. The molecule has 0 aliphatic heterocycles. The number of hydrogen-bond donors (Lipinski definition) is 0. The average molecular weight is 338 g/mol. The summed E-state index contributed by atoms with van der Waals surface area (Å²) in [4.78, 5) is 0. The van der Waals surface area contributed by atoms with Crippen LogP contribution in [0.25, 0.3) is 31.3 Å². The molecule has 0 radical (unpaired) electrons. The molecule has 0 amide bonds. The zero-order valence-electron chi connectivity index (χ0n) is 13.8. The van der Waals surface area contributed by atoms with Crippen LogP contribution in [0.4, 0.5) is 0 Å². The average Bonchev–Trinajstić information content (AvgIpc) is 3.09. The Morgan fingerprint density at radius 2 is 0.720 bits per heavy atom. The molecule has 0 saturated heterocycles. The van der Waals surface area contributed by atoms with Crippen LogP contribution in [0, 0.1) is 0 Å². The summed E-state index contributed by atoms with van der Waals surface area (Å²) in [5.74, 6) is 0. The van der Waals surface area contributed by atoms with Gasteiger partial charge in [-0.05, 0) is 23.3 Å². The lowest BCUT2D eigenvalue weighted by Gasteiger charge is -1.98. The maximum Gasteiger partial charge on any atom is 0.0355 e. The fraction of sp³-hybridized carbons (Fsp3) is 0. The van der Waals surface area contributed by atoms with Crippen LogP contribution in [-0.4, -0.2) is 0 Å². The molecule has 5 rings (SSSR count). The third-order valence-corrected chi connectivity index (χ3v) is 5.32. The van der Waals surface area contributed by atoms with Crippen LogP contribution in [0.5, 0.6) is 0 Å². The Kier molecular flexibility index (Phi) is 4.58. The first-order valence-corrected chi connectivity index (χ1v) is 9.20. The van der Waals surface area contributed by atoms with Gasteiger partial charge in [0.15, 0.2) is 0 Å². The Bertz CT molecular complexity index is 988. The second-order valence-corrected chi connectivity index (χ2v) is 6.91. The van der Waals surface area contributed by atoms with E-state index in [0.717, 1.165) is 0 Å². The first kappa shape index (κ1) is 15.6. The number of benzene rings is 4. The number of hydrogen-bond acceptors (Lipinski definition) is 1. The van der Waals surface area contributed by atoms with Crippen molar-refractivity contribution in [3.8, 4) is 11.1 Å². The van der Waals surface area contributed by atoms with Gasteiger partial charge < -0.3 is 0 Å². The summed E-state index contributed by atoms with van der Waals surface area (Å²) in [6, 6.07) is 37.9. The van der Waals surface area contributed by atoms with E-state index in [0.29, 0.717) is 0 Å². The van der Waals surface area contributed by atoms with Crippen molar-refractivity contribution in [3.05, 3.63) is 109 Å². The molecule has 0 aliphatic carbocycles. The third kappa shape index (κ3) is 3.47. The SMILES string of the molecule is c1ccc(-c2ccccc2)cc1.c1ccc2c(c1)sc1ccccc12. The second kappa shape index (κ2) is 7.33. The van der Waals surface area contributed by atoms with Crippen LogP contribution in [0.1, 0.15) is 0 Å². The molecule has 0 bridgehead atoms. The molecule has 0 atom stereocenters. The Labute approximate surface area is 152 Å². The molecular weight excluding hydrogens is 320 g/mol. The molecule has 1 heterocycles. The predicted octanol–water partition coefficient (Wildman–Crippen LogP) is 7.41. The second-order valence-electron chi connectivity index (χ2n) is 5.83. The van der Waals surface area contributed by atoms with E-state index < -0.39 is 0 Å². The largest absolute Gasteiger partial charge is 0.135 e. The first-order valence-electron chi connectivity index (χ1n) is 8.38. The summed E-state index contributed by atoms with van der Waals surface area (Å²) < 4.78 is 2.76. The van der Waals surface area contributed by atoms with Gasteiger partial charge >= 0.3 is 0 Å². The van der Waals surface area contributed by atoms with Gasteiger partial charge in [-0.1, -0.05) is 97.1 Å². The highest BCUT2D eigenvalue weighted by Crippen LogP contribution is 2.32. The van der Waals surface area contributed by atoms with Crippen LogP contribution >= 0.6 is 11.3 Å². The monoisotopic (exact) mass is 338 g/mol. The zero-order valence-corrected chi connectivity index (χ0v) is 14.6. The van der Waals surface area contributed by atoms with Gasteiger partial charge in [0.05, 0.1) is 0 Å². The Morgan fingerprint density at radius 1 is 0.360 bits per heavy atom. The first-order chi connectivity index (χ1) is 12.4. The van der Waals surface area contributed by atoms with Gasteiger partial charge in [-0.3, -0.25) is 0 Å². The highest BCUT2D eigenvalue weighted by molar-refractivity contribution is 7.25. The summed E-state index contributed by atoms with van der Waals surface area (Å²) in [5, 5.41) is 2.76. The molecule has 0 nitrogen and oxygen atoms in total. The van der Waals surface area contributed by atoms with Crippen molar-refractivity contribution in [2.45, 2.75) is 0 Å². The van der Waals surface area contributed by atoms with Crippen molar-refractivity contribution in [2.75, 3.05) is 0 Å². The summed E-state index contributed by atoms with van der Waals surface area (Å²) in [6.07, 6.45) is 0. The van der Waals surface area contributed by atoms with E-state index in [1.54, 1.807) is 0 Å². The third-order valence-electron chi connectivity index (χ3n) is 4.17. The van der Waals surface area contributed by atoms with Gasteiger partial charge in [-0.2, -0.15) is 0 Å². The number of fused-ring (bicyclic) bond motifs is 3. The van der Waals surface area contributed by atoms with Crippen LogP contribution in [-0.2, 0) is 0 Å². The van der Waals surface area contributed by atoms with Crippen molar-refractivity contribution in [1.29, 1.82) is 0 Å². The van der Waals surface area contributed by atoms with Gasteiger partial charge in [0.2, 0.25) is 0 Å². The fourth-order valence-electron chi connectivity index (χ4n) is 2.94. The minimum atomic E-state index is 1.28. The molecular formula is C24H18S. The van der Waals surface area contributed by atoms with E-state index in [1.165, 1.54) is 31.3 Å². The van der Waals surface area contributed by atoms with Gasteiger partial charge in [0.1, 0.15) is 0 Å². The van der Waals surface area contributed by atoms with Crippen molar-refractivity contribution >= 4 is 31.5 Å². The quantitative estimate of drug-likeness (QED) is 0.298. The van der Waals surface area contributed by atoms with Gasteiger partial charge in [-0.15, -0.1) is 11.3 Å². The van der Waals surface area contributed by atoms with Crippen molar-refractivity contribution in [3.63, 3.8) is 0 Å². The Hall–Kier alpha value is -2.90. The molecule has 0 spiro atoms. The molecule has 0 N–H and O–H groups in total. The van der Waals surface area contributed by atoms with Crippen LogP contribution in [0.15, 0.2) is 109 Å². The highest BCUT2D eigenvalue weighted by Gasteiger charge is 2.01. The summed E-state index contributed by atoms with van der Waals surface area (Å²) in [6.45, 7) is 0. The molecule has 5 aromatic rings. The molecule has 0 fully saturated rings. The Balaban J connectivity index is 0.000000126. The lowest BCUT2D eigenvalue weighted by molar-refractivity contribution is 1.62. The smallest absolute Gasteiger partial charge is 0.0355 e. The van der Waals surface area contributed by atoms with Gasteiger partial charge in [-0.25, -0.2) is 0 Å². The van der Waals surface area contributed by atoms with Gasteiger partial charge in [0.25, 0.3) is 0 Å². The molecule has 0 saturated carbocycles. The zero-order chi connectivity index (χ0) is 16.9. The minimum absolute atomic E-state index is 1.28. The topological polar surface area (TPSA) is 0 Å². The van der Waals surface area contributed by atoms with Crippen LogP contribution in [0.3, 0.4) is 0 Å². The molecule has 1 aromatic heterocycles. The number of rotatable bonds is 1. The molecule has 25 heavy (non-hydrogen) atoms. The molecule has 4 aromatic carbocycles. The van der Waals surface area contributed by atoms with Crippen LogP contribution in [0.2, 0.25) is 0 Å². The van der Waals surface area contributed by atoms with E-state index >= 15 is 0 Å². The van der Waals surface area contributed by atoms with Crippen LogP contribution < -0.4 is 0 Å². The summed E-state index contributed by atoms with van der Waals surface area (Å²) in [5.41, 5.74) is 2.55. The number of thiophene rings is 1. The normalized spacial score (nSPS) is 10.4. The predicted molar refractivity (Wildman–Crippen MR) is 111 cm³/mol. The lowest BCUT2D eigenvalue weighted by atomic mass is 10.1. The summed E-state index contributed by atoms with van der Waals surface area (Å²) in [7, 11) is 0. The van der Waals surface area contributed by atoms with E-state index in [1.807, 2.05) is 23.5 Å². The molecule has 0 aliphatic rings. The molecule has 1 heteroatoms. The van der Waals surface area contributed by atoms with E-state index in [4.69, 9.17) is 0 Å². The fourth-order valence-corrected chi connectivity index (χ4v) is 4.04. The Morgan fingerprint density at radius 3 is 1.16 bits per heavy atom. The molecule has 0 unspecified atom stereocenters. The maximum absolute atomic E-state index is 2.19. The lowest BCUT2D eigenvalue weighted by Crippen LogP contribution is -1.73. The van der Waals surface area contributed by atoms with Crippen molar-refractivity contribution in [1.82, 2.24) is 0 Å². The van der Waals surface area contributed by atoms with Crippen molar-refractivity contribution < 1.29 is 0 Å². The van der Waals surface area contributed by atoms with E-state index in [2.05, 4.69) is 97.1 Å². The van der Waals surface area contributed by atoms with Gasteiger partial charge in [0, 0.05) is 20.2 Å². The highest BCUT2D eigenvalue weighted by atomic mass is 32.1. The minimum Gasteiger partial charge on any atom is -0.135 e. The van der Waals surface area contributed by atoms with Crippen molar-refractivity contribution in [2.24, 2.45) is 0 Å². The standard InChI is InChI=1S/C12H8S.C12H10/c1-3-7-11-9(5-1)10-6-2-4-8-12(10)13-11;1-3-7-11(8-4-1)12-9-5-2-6-10-12/h1-8H;1-10H. The van der Waals surface area contributed by atoms with E-state index in [9.17, 15) is 0 Å². The summed E-state index contributed by atoms with van der Waals surface area (Å²) >= 11 is 1.86.